The molecule has 1 amide bonds. The molecule has 0 unspecified atom stereocenters. The van der Waals surface area contributed by atoms with E-state index in [-0.39, 0.29) is 23.3 Å². The minimum absolute atomic E-state index is 0.00467. The van der Waals surface area contributed by atoms with Gasteiger partial charge in [-0.1, -0.05) is 6.07 Å². The maximum Gasteiger partial charge on any atom is 0.235 e. The molecule has 8 heteroatoms. The maximum atomic E-state index is 14.2. The van der Waals surface area contributed by atoms with Gasteiger partial charge in [0, 0.05) is 17.2 Å². The number of nitrogens with zero attached hydrogens (tertiary/aromatic N) is 2. The molecule has 122 valence electrons. The lowest BCUT2D eigenvalue weighted by Crippen LogP contribution is -2.17. The summed E-state index contributed by atoms with van der Waals surface area (Å²) in [4.78, 5) is 11.9. The van der Waals surface area contributed by atoms with E-state index in [1.807, 2.05) is 13.8 Å². The SMILES string of the molecule is CC(C)n1ncc2c1NC(=O)CS[C@@H]2c1ccc(F)c(F)c1F. The quantitative estimate of drug-likeness (QED) is 0.848. The number of benzene rings is 1. The van der Waals surface area contributed by atoms with E-state index in [1.165, 1.54) is 12.3 Å². The van der Waals surface area contributed by atoms with Crippen molar-refractivity contribution in [3.63, 3.8) is 0 Å². The monoisotopic (exact) mass is 341 g/mol. The Kier molecular flexibility index (Phi) is 4.09. The minimum atomic E-state index is -1.51. The molecule has 23 heavy (non-hydrogen) atoms. The van der Waals surface area contributed by atoms with Crippen LogP contribution in [-0.4, -0.2) is 21.4 Å². The molecule has 1 aliphatic rings. The summed E-state index contributed by atoms with van der Waals surface area (Å²) < 4.78 is 42.5. The molecular weight excluding hydrogens is 327 g/mol. The molecule has 0 saturated heterocycles. The smallest absolute Gasteiger partial charge is 0.235 e. The molecule has 0 saturated carbocycles. The summed E-state index contributed by atoms with van der Waals surface area (Å²) in [5, 5.41) is 6.32. The highest BCUT2D eigenvalue weighted by Gasteiger charge is 2.31. The molecule has 1 aromatic heterocycles. The molecule has 2 heterocycles. The number of hydrogen-bond acceptors (Lipinski definition) is 3. The molecular formula is C15H14F3N3OS. The van der Waals surface area contributed by atoms with E-state index < -0.39 is 22.7 Å². The van der Waals surface area contributed by atoms with E-state index in [0.717, 1.165) is 17.8 Å². The first-order chi connectivity index (χ1) is 10.9. The van der Waals surface area contributed by atoms with Crippen LogP contribution in [0, 0.1) is 17.5 Å². The predicted molar refractivity (Wildman–Crippen MR) is 81.9 cm³/mol. The van der Waals surface area contributed by atoms with Crippen LogP contribution in [0.2, 0.25) is 0 Å². The van der Waals surface area contributed by atoms with Crippen LogP contribution in [0.3, 0.4) is 0 Å². The fourth-order valence-electron chi connectivity index (χ4n) is 2.51. The van der Waals surface area contributed by atoms with Crippen molar-refractivity contribution in [1.29, 1.82) is 0 Å². The van der Waals surface area contributed by atoms with Crippen molar-refractivity contribution >= 4 is 23.5 Å². The Bertz CT molecular complexity index is 776. The van der Waals surface area contributed by atoms with Crippen LogP contribution in [-0.2, 0) is 4.79 Å². The molecule has 1 aromatic carbocycles. The second-order valence-corrected chi connectivity index (χ2v) is 6.58. The first-order valence-electron chi connectivity index (χ1n) is 7.02. The van der Waals surface area contributed by atoms with E-state index in [4.69, 9.17) is 0 Å². The third kappa shape index (κ3) is 2.71. The van der Waals surface area contributed by atoms with Crippen LogP contribution >= 0.6 is 11.8 Å². The average molecular weight is 341 g/mol. The molecule has 0 radical (unpaired) electrons. The molecule has 0 spiro atoms. The molecule has 0 bridgehead atoms. The summed E-state index contributed by atoms with van der Waals surface area (Å²) in [6.45, 7) is 3.79. The van der Waals surface area contributed by atoms with Crippen molar-refractivity contribution in [3.05, 3.63) is 46.9 Å². The van der Waals surface area contributed by atoms with E-state index in [0.29, 0.717) is 11.4 Å². The zero-order chi connectivity index (χ0) is 16.7. The van der Waals surface area contributed by atoms with Crippen LogP contribution in [0.15, 0.2) is 18.3 Å². The molecule has 4 nitrogen and oxygen atoms in total. The molecule has 1 atom stereocenters. The lowest BCUT2D eigenvalue weighted by molar-refractivity contribution is -0.113. The van der Waals surface area contributed by atoms with Crippen LogP contribution in [0.1, 0.15) is 36.3 Å². The maximum absolute atomic E-state index is 14.2. The third-order valence-electron chi connectivity index (χ3n) is 3.58. The number of hydrogen-bond donors (Lipinski definition) is 1. The Morgan fingerprint density at radius 3 is 2.70 bits per heavy atom. The van der Waals surface area contributed by atoms with Gasteiger partial charge in [0.05, 0.1) is 17.2 Å². The van der Waals surface area contributed by atoms with Crippen LogP contribution in [0.5, 0.6) is 0 Å². The van der Waals surface area contributed by atoms with Crippen molar-refractivity contribution in [2.24, 2.45) is 0 Å². The van der Waals surface area contributed by atoms with Gasteiger partial charge in [-0.25, -0.2) is 17.9 Å². The summed E-state index contributed by atoms with van der Waals surface area (Å²) in [5.74, 6) is -3.69. The van der Waals surface area contributed by atoms with Gasteiger partial charge in [-0.05, 0) is 19.9 Å². The molecule has 0 aliphatic carbocycles. The topological polar surface area (TPSA) is 46.9 Å². The second kappa shape index (κ2) is 5.92. The fourth-order valence-corrected chi connectivity index (χ4v) is 3.61. The molecule has 3 rings (SSSR count). The van der Waals surface area contributed by atoms with Crippen LogP contribution < -0.4 is 5.32 Å². The normalized spacial score (nSPS) is 17.8. The Morgan fingerprint density at radius 1 is 1.26 bits per heavy atom. The number of rotatable bonds is 2. The summed E-state index contributed by atoms with van der Waals surface area (Å²) in [6, 6.07) is 2.08. The highest BCUT2D eigenvalue weighted by Crippen LogP contribution is 2.43. The number of carbonyl (C=O) groups is 1. The Labute approximate surface area is 135 Å². The first kappa shape index (κ1) is 15.9. The summed E-state index contributed by atoms with van der Waals surface area (Å²) in [6.07, 6.45) is 1.53. The van der Waals surface area contributed by atoms with Gasteiger partial charge in [0.1, 0.15) is 5.82 Å². The number of thioether (sulfide) groups is 1. The number of aromatic nitrogens is 2. The van der Waals surface area contributed by atoms with Gasteiger partial charge < -0.3 is 5.32 Å². The fraction of sp³-hybridized carbons (Fsp3) is 0.333. The third-order valence-corrected chi connectivity index (χ3v) is 4.85. The number of anilines is 1. The largest absolute Gasteiger partial charge is 0.310 e. The highest BCUT2D eigenvalue weighted by atomic mass is 32.2. The van der Waals surface area contributed by atoms with E-state index in [1.54, 1.807) is 4.68 Å². The summed E-state index contributed by atoms with van der Waals surface area (Å²) in [7, 11) is 0. The van der Waals surface area contributed by atoms with Gasteiger partial charge in [-0.3, -0.25) is 4.79 Å². The van der Waals surface area contributed by atoms with Crippen LogP contribution in [0.4, 0.5) is 19.0 Å². The van der Waals surface area contributed by atoms with Crippen molar-refractivity contribution in [2.45, 2.75) is 25.1 Å². The molecule has 1 N–H and O–H groups in total. The standard InChI is InChI=1S/C15H14F3N3OS/c1-7(2)21-15-9(5-19-21)14(23-6-11(22)20-15)8-3-4-10(16)13(18)12(8)17/h3-5,7,14H,6H2,1-2H3,(H,20,22)/t14-/m1/s1. The molecule has 2 aromatic rings. The predicted octanol–water partition coefficient (Wildman–Crippen LogP) is 3.66. The van der Waals surface area contributed by atoms with Crippen molar-refractivity contribution in [2.75, 3.05) is 11.1 Å². The lowest BCUT2D eigenvalue weighted by atomic mass is 10.1. The van der Waals surface area contributed by atoms with Gasteiger partial charge in [0.25, 0.3) is 0 Å². The Morgan fingerprint density at radius 2 is 2.00 bits per heavy atom. The van der Waals surface area contributed by atoms with Gasteiger partial charge >= 0.3 is 0 Å². The zero-order valence-electron chi connectivity index (χ0n) is 12.4. The van der Waals surface area contributed by atoms with Gasteiger partial charge in [0.15, 0.2) is 17.5 Å². The van der Waals surface area contributed by atoms with Crippen molar-refractivity contribution in [1.82, 2.24) is 9.78 Å². The summed E-state index contributed by atoms with van der Waals surface area (Å²) in [5.41, 5.74) is 0.564. The van der Waals surface area contributed by atoms with Gasteiger partial charge in [0.2, 0.25) is 5.91 Å². The summed E-state index contributed by atoms with van der Waals surface area (Å²) >= 11 is 1.15. The van der Waals surface area contributed by atoms with Crippen molar-refractivity contribution < 1.29 is 18.0 Å². The average Bonchev–Trinajstić information content (AvgIpc) is 2.83. The number of fused-ring (bicyclic) bond motifs is 1. The Hall–Kier alpha value is -1.96. The number of carbonyl (C=O) groups excluding carboxylic acids is 1. The number of nitrogens with one attached hydrogen (secondary N) is 1. The highest BCUT2D eigenvalue weighted by molar-refractivity contribution is 8.00. The second-order valence-electron chi connectivity index (χ2n) is 5.49. The first-order valence-corrected chi connectivity index (χ1v) is 8.07. The van der Waals surface area contributed by atoms with E-state index in [2.05, 4.69) is 10.4 Å². The number of amides is 1. The molecule has 0 fully saturated rings. The Balaban J connectivity index is 2.15. The van der Waals surface area contributed by atoms with Crippen LogP contribution in [0.25, 0.3) is 0 Å². The van der Waals surface area contributed by atoms with E-state index >= 15 is 0 Å². The lowest BCUT2D eigenvalue weighted by Gasteiger charge is -2.16. The van der Waals surface area contributed by atoms with Crippen molar-refractivity contribution in [3.8, 4) is 0 Å². The van der Waals surface area contributed by atoms with Gasteiger partial charge in [-0.2, -0.15) is 5.10 Å². The van der Waals surface area contributed by atoms with Gasteiger partial charge in [-0.15, -0.1) is 11.8 Å². The molecule has 1 aliphatic heterocycles. The van der Waals surface area contributed by atoms with E-state index in [9.17, 15) is 18.0 Å². The zero-order valence-corrected chi connectivity index (χ0v) is 13.3. The number of halogens is 3. The minimum Gasteiger partial charge on any atom is -0.310 e.